The first-order valence-corrected chi connectivity index (χ1v) is 6.64. The van der Waals surface area contributed by atoms with Gasteiger partial charge in [0.05, 0.1) is 18.7 Å². The van der Waals surface area contributed by atoms with Crippen molar-refractivity contribution in [3.63, 3.8) is 0 Å². The van der Waals surface area contributed by atoms with Crippen molar-refractivity contribution >= 4 is 16.8 Å². The maximum absolute atomic E-state index is 13.1. The summed E-state index contributed by atoms with van der Waals surface area (Å²) in [5.41, 5.74) is 2.36. The predicted octanol–water partition coefficient (Wildman–Crippen LogP) is 2.56. The van der Waals surface area contributed by atoms with Gasteiger partial charge in [-0.05, 0) is 35.9 Å². The molecule has 21 heavy (non-hydrogen) atoms. The molecule has 4 nitrogen and oxygen atoms in total. The SMILES string of the molecule is O=C(Cc1c[nH]c2cc(F)ccc12)NCc1ccccn1. The molecule has 0 saturated carbocycles. The summed E-state index contributed by atoms with van der Waals surface area (Å²) < 4.78 is 13.1. The highest BCUT2D eigenvalue weighted by atomic mass is 19.1. The van der Waals surface area contributed by atoms with Crippen molar-refractivity contribution in [3.8, 4) is 0 Å². The van der Waals surface area contributed by atoms with Gasteiger partial charge < -0.3 is 10.3 Å². The highest BCUT2D eigenvalue weighted by Crippen LogP contribution is 2.19. The molecule has 0 bridgehead atoms. The van der Waals surface area contributed by atoms with Crippen LogP contribution in [-0.2, 0) is 17.8 Å². The van der Waals surface area contributed by atoms with Crippen molar-refractivity contribution in [2.45, 2.75) is 13.0 Å². The Hall–Kier alpha value is -2.69. The van der Waals surface area contributed by atoms with Crippen LogP contribution in [0.25, 0.3) is 10.9 Å². The molecule has 3 rings (SSSR count). The number of fused-ring (bicyclic) bond motifs is 1. The van der Waals surface area contributed by atoms with Crippen LogP contribution in [0.3, 0.4) is 0 Å². The van der Waals surface area contributed by atoms with E-state index < -0.39 is 0 Å². The Balaban J connectivity index is 1.66. The molecule has 5 heteroatoms. The van der Waals surface area contributed by atoms with Crippen molar-refractivity contribution in [3.05, 3.63) is 65.9 Å². The van der Waals surface area contributed by atoms with Gasteiger partial charge in [0, 0.05) is 23.3 Å². The van der Waals surface area contributed by atoms with E-state index in [1.54, 1.807) is 18.5 Å². The van der Waals surface area contributed by atoms with Crippen LogP contribution >= 0.6 is 0 Å². The summed E-state index contributed by atoms with van der Waals surface area (Å²) in [5.74, 6) is -0.388. The molecule has 0 aliphatic rings. The monoisotopic (exact) mass is 283 g/mol. The molecule has 2 aromatic heterocycles. The Bertz CT molecular complexity index is 768. The zero-order chi connectivity index (χ0) is 14.7. The maximum atomic E-state index is 13.1. The van der Waals surface area contributed by atoms with Crippen LogP contribution < -0.4 is 5.32 Å². The molecule has 0 aliphatic heterocycles. The molecule has 0 aliphatic carbocycles. The van der Waals surface area contributed by atoms with Crippen LogP contribution in [0.4, 0.5) is 4.39 Å². The van der Waals surface area contributed by atoms with Crippen LogP contribution in [0.1, 0.15) is 11.3 Å². The zero-order valence-electron chi connectivity index (χ0n) is 11.3. The van der Waals surface area contributed by atoms with Gasteiger partial charge in [0.25, 0.3) is 0 Å². The van der Waals surface area contributed by atoms with Crippen LogP contribution in [0.5, 0.6) is 0 Å². The molecule has 3 aromatic rings. The van der Waals surface area contributed by atoms with Crippen molar-refractivity contribution < 1.29 is 9.18 Å². The number of hydrogen-bond acceptors (Lipinski definition) is 2. The number of amides is 1. The van der Waals surface area contributed by atoms with Gasteiger partial charge in [-0.2, -0.15) is 0 Å². The summed E-state index contributed by atoms with van der Waals surface area (Å²) >= 11 is 0. The van der Waals surface area contributed by atoms with Gasteiger partial charge >= 0.3 is 0 Å². The lowest BCUT2D eigenvalue weighted by Crippen LogP contribution is -2.24. The summed E-state index contributed by atoms with van der Waals surface area (Å²) in [6, 6.07) is 10.1. The van der Waals surface area contributed by atoms with Crippen LogP contribution in [-0.4, -0.2) is 15.9 Å². The number of nitrogens with zero attached hydrogens (tertiary/aromatic N) is 1. The minimum Gasteiger partial charge on any atom is -0.361 e. The van der Waals surface area contributed by atoms with Crippen LogP contribution in [0.2, 0.25) is 0 Å². The second kappa shape index (κ2) is 5.75. The van der Waals surface area contributed by atoms with E-state index in [4.69, 9.17) is 0 Å². The second-order valence-corrected chi connectivity index (χ2v) is 4.78. The number of hydrogen-bond donors (Lipinski definition) is 2. The Morgan fingerprint density at radius 1 is 1.29 bits per heavy atom. The number of aromatic nitrogens is 2. The number of nitrogens with one attached hydrogen (secondary N) is 2. The van der Waals surface area contributed by atoms with Crippen molar-refractivity contribution in [1.82, 2.24) is 15.3 Å². The van der Waals surface area contributed by atoms with E-state index in [2.05, 4.69) is 15.3 Å². The molecule has 106 valence electrons. The number of carbonyl (C=O) groups excluding carboxylic acids is 1. The molecule has 1 amide bonds. The largest absolute Gasteiger partial charge is 0.361 e. The van der Waals surface area contributed by atoms with E-state index in [1.807, 2.05) is 18.2 Å². The molecular weight excluding hydrogens is 269 g/mol. The van der Waals surface area contributed by atoms with E-state index in [9.17, 15) is 9.18 Å². The summed E-state index contributed by atoms with van der Waals surface area (Å²) in [5, 5.41) is 3.69. The van der Waals surface area contributed by atoms with Crippen molar-refractivity contribution in [1.29, 1.82) is 0 Å². The van der Waals surface area contributed by atoms with Crippen LogP contribution in [0, 0.1) is 5.82 Å². The normalized spacial score (nSPS) is 10.7. The number of halogens is 1. The number of H-pyrrole nitrogens is 1. The van der Waals surface area contributed by atoms with Gasteiger partial charge in [-0.3, -0.25) is 9.78 Å². The smallest absolute Gasteiger partial charge is 0.224 e. The standard InChI is InChI=1S/C16H14FN3O/c17-12-4-5-14-11(9-19-15(14)8-12)7-16(21)20-10-13-3-1-2-6-18-13/h1-6,8-9,19H,7,10H2,(H,20,21). The molecule has 0 atom stereocenters. The van der Waals surface area contributed by atoms with E-state index in [0.717, 1.165) is 16.6 Å². The topological polar surface area (TPSA) is 57.8 Å². The minimum atomic E-state index is -0.296. The van der Waals surface area contributed by atoms with E-state index in [1.165, 1.54) is 12.1 Å². The third-order valence-electron chi connectivity index (χ3n) is 3.27. The van der Waals surface area contributed by atoms with E-state index >= 15 is 0 Å². The number of pyridine rings is 1. The van der Waals surface area contributed by atoms with Gasteiger partial charge in [0.2, 0.25) is 5.91 Å². The fraction of sp³-hybridized carbons (Fsp3) is 0.125. The molecule has 0 radical (unpaired) electrons. The summed E-state index contributed by atoms with van der Waals surface area (Å²) in [4.78, 5) is 19.1. The number of aromatic amines is 1. The number of benzene rings is 1. The van der Waals surface area contributed by atoms with Crippen LogP contribution in [0.15, 0.2) is 48.8 Å². The van der Waals surface area contributed by atoms with Gasteiger partial charge in [0.15, 0.2) is 0 Å². The molecule has 0 fully saturated rings. The Kier molecular flexibility index (Phi) is 3.64. The van der Waals surface area contributed by atoms with Gasteiger partial charge in [0.1, 0.15) is 5.82 Å². The Morgan fingerprint density at radius 2 is 2.19 bits per heavy atom. The first kappa shape index (κ1) is 13.3. The van der Waals surface area contributed by atoms with Crippen molar-refractivity contribution in [2.75, 3.05) is 0 Å². The number of rotatable bonds is 4. The summed E-state index contributed by atoms with van der Waals surface area (Å²) in [6.07, 6.45) is 3.68. The molecule has 1 aromatic carbocycles. The summed E-state index contributed by atoms with van der Waals surface area (Å²) in [6.45, 7) is 0.399. The zero-order valence-corrected chi connectivity index (χ0v) is 11.3. The molecule has 2 N–H and O–H groups in total. The first-order valence-electron chi connectivity index (χ1n) is 6.64. The highest BCUT2D eigenvalue weighted by molar-refractivity contribution is 5.88. The summed E-state index contributed by atoms with van der Waals surface area (Å²) in [7, 11) is 0. The molecule has 0 spiro atoms. The molecule has 0 unspecified atom stereocenters. The van der Waals surface area contributed by atoms with Crippen molar-refractivity contribution in [2.24, 2.45) is 0 Å². The average Bonchev–Trinajstić information content (AvgIpc) is 2.88. The Morgan fingerprint density at radius 3 is 3.00 bits per heavy atom. The quantitative estimate of drug-likeness (QED) is 0.773. The average molecular weight is 283 g/mol. The number of carbonyl (C=O) groups is 1. The highest BCUT2D eigenvalue weighted by Gasteiger charge is 2.09. The second-order valence-electron chi connectivity index (χ2n) is 4.78. The molecular formula is C16H14FN3O. The molecule has 0 saturated heterocycles. The van der Waals surface area contributed by atoms with Gasteiger partial charge in [-0.1, -0.05) is 6.07 Å². The van der Waals surface area contributed by atoms with E-state index in [0.29, 0.717) is 12.1 Å². The fourth-order valence-corrected chi connectivity index (χ4v) is 2.23. The minimum absolute atomic E-state index is 0.0918. The Labute approximate surface area is 121 Å². The van der Waals surface area contributed by atoms with Gasteiger partial charge in [-0.15, -0.1) is 0 Å². The third kappa shape index (κ3) is 3.08. The lowest BCUT2D eigenvalue weighted by Gasteiger charge is -2.04. The van der Waals surface area contributed by atoms with Gasteiger partial charge in [-0.25, -0.2) is 4.39 Å². The first-order chi connectivity index (χ1) is 10.2. The van der Waals surface area contributed by atoms with E-state index in [-0.39, 0.29) is 18.1 Å². The third-order valence-corrected chi connectivity index (χ3v) is 3.27. The predicted molar refractivity (Wildman–Crippen MR) is 78.0 cm³/mol. The fourth-order valence-electron chi connectivity index (χ4n) is 2.23. The maximum Gasteiger partial charge on any atom is 0.224 e. The molecule has 2 heterocycles. The lowest BCUT2D eigenvalue weighted by atomic mass is 10.1. The lowest BCUT2D eigenvalue weighted by molar-refractivity contribution is -0.120.